The highest BCUT2D eigenvalue weighted by Crippen LogP contribution is 2.28. The van der Waals surface area contributed by atoms with E-state index in [2.05, 4.69) is 22.9 Å². The van der Waals surface area contributed by atoms with Crippen molar-refractivity contribution in [2.45, 2.75) is 19.8 Å². The van der Waals surface area contributed by atoms with Crippen LogP contribution >= 0.6 is 38.5 Å². The number of hydrogen-bond donors (Lipinski definition) is 0. The largest absolute Gasteiger partial charge is 0.490 e. The normalized spacial score (nSPS) is 10.3. The van der Waals surface area contributed by atoms with Crippen LogP contribution in [0.15, 0.2) is 16.6 Å². The van der Waals surface area contributed by atoms with E-state index in [0.717, 1.165) is 17.3 Å². The van der Waals surface area contributed by atoms with E-state index in [1.54, 1.807) is 12.1 Å². The standard InChI is InChI=1S/C10H11BrFIO/c1-2-3-6-14-8-5-4-7(11)10(13)9(8)12/h4-5H,2-3,6H2,1H3. The fourth-order valence-electron chi connectivity index (χ4n) is 0.946. The minimum absolute atomic E-state index is 0.281. The van der Waals surface area contributed by atoms with Gasteiger partial charge in [-0.1, -0.05) is 13.3 Å². The molecule has 0 aliphatic carbocycles. The van der Waals surface area contributed by atoms with Crippen molar-refractivity contribution < 1.29 is 9.13 Å². The highest BCUT2D eigenvalue weighted by Gasteiger charge is 2.10. The second kappa shape index (κ2) is 5.90. The predicted molar refractivity (Wildman–Crippen MR) is 67.2 cm³/mol. The fraction of sp³-hybridized carbons (Fsp3) is 0.400. The molecule has 0 amide bonds. The van der Waals surface area contributed by atoms with Gasteiger partial charge in [0.25, 0.3) is 0 Å². The molecule has 14 heavy (non-hydrogen) atoms. The molecule has 78 valence electrons. The van der Waals surface area contributed by atoms with Crippen molar-refractivity contribution in [3.8, 4) is 5.75 Å². The molecule has 0 saturated carbocycles. The molecule has 0 N–H and O–H groups in total. The molecule has 0 heterocycles. The molecule has 4 heteroatoms. The quantitative estimate of drug-likeness (QED) is 0.433. The Morgan fingerprint density at radius 2 is 2.21 bits per heavy atom. The second-order valence-electron chi connectivity index (χ2n) is 2.88. The molecule has 0 spiro atoms. The Morgan fingerprint density at radius 3 is 2.86 bits per heavy atom. The van der Waals surface area contributed by atoms with E-state index in [1.165, 1.54) is 0 Å². The molecule has 0 atom stereocenters. The zero-order valence-electron chi connectivity index (χ0n) is 7.82. The number of halogens is 3. The number of benzene rings is 1. The van der Waals surface area contributed by atoms with Crippen LogP contribution in [0.2, 0.25) is 0 Å². The van der Waals surface area contributed by atoms with Crippen LogP contribution in [-0.2, 0) is 0 Å². The average Bonchev–Trinajstić information content (AvgIpc) is 2.18. The van der Waals surface area contributed by atoms with Gasteiger partial charge in [-0.15, -0.1) is 0 Å². The smallest absolute Gasteiger partial charge is 0.179 e. The Kier molecular flexibility index (Phi) is 5.15. The Bertz CT molecular complexity index is 317. The van der Waals surface area contributed by atoms with Crippen molar-refractivity contribution in [2.75, 3.05) is 6.61 Å². The molecule has 0 bridgehead atoms. The van der Waals surface area contributed by atoms with Gasteiger partial charge in [0.05, 0.1) is 10.2 Å². The zero-order valence-corrected chi connectivity index (χ0v) is 11.6. The fourth-order valence-corrected chi connectivity index (χ4v) is 1.70. The maximum atomic E-state index is 13.5. The van der Waals surface area contributed by atoms with Gasteiger partial charge in [-0.25, -0.2) is 4.39 Å². The summed E-state index contributed by atoms with van der Waals surface area (Å²) in [6, 6.07) is 3.45. The van der Waals surface area contributed by atoms with Gasteiger partial charge in [-0.2, -0.15) is 0 Å². The van der Waals surface area contributed by atoms with Crippen molar-refractivity contribution in [3.05, 3.63) is 26.0 Å². The predicted octanol–water partition coefficient (Wildman–Crippen LogP) is 4.37. The molecule has 0 aromatic heterocycles. The summed E-state index contributed by atoms with van der Waals surface area (Å²) in [7, 11) is 0. The van der Waals surface area contributed by atoms with Crippen molar-refractivity contribution >= 4 is 38.5 Å². The van der Waals surface area contributed by atoms with Gasteiger partial charge in [0.1, 0.15) is 0 Å². The van der Waals surface area contributed by atoms with E-state index in [9.17, 15) is 4.39 Å². The molecule has 0 saturated heterocycles. The molecular formula is C10H11BrFIO. The first-order valence-corrected chi connectivity index (χ1v) is 6.30. The van der Waals surface area contributed by atoms with Crippen LogP contribution in [0.3, 0.4) is 0 Å². The summed E-state index contributed by atoms with van der Waals surface area (Å²) in [6.45, 7) is 2.65. The van der Waals surface area contributed by atoms with Crippen LogP contribution in [0.4, 0.5) is 4.39 Å². The Balaban J connectivity index is 2.73. The molecule has 1 nitrogen and oxygen atoms in total. The number of hydrogen-bond acceptors (Lipinski definition) is 1. The van der Waals surface area contributed by atoms with Crippen LogP contribution in [-0.4, -0.2) is 6.61 Å². The lowest BCUT2D eigenvalue weighted by Gasteiger charge is -2.08. The van der Waals surface area contributed by atoms with Crippen LogP contribution in [0.25, 0.3) is 0 Å². The van der Waals surface area contributed by atoms with E-state index in [1.807, 2.05) is 22.6 Å². The minimum atomic E-state index is -0.281. The van der Waals surface area contributed by atoms with E-state index >= 15 is 0 Å². The van der Waals surface area contributed by atoms with Gasteiger partial charge in [-0.05, 0) is 57.1 Å². The van der Waals surface area contributed by atoms with Gasteiger partial charge >= 0.3 is 0 Å². The molecule has 1 aromatic rings. The lowest BCUT2D eigenvalue weighted by molar-refractivity contribution is 0.293. The summed E-state index contributed by atoms with van der Waals surface area (Å²) in [5, 5.41) is 0. The average molecular weight is 373 g/mol. The number of unbranched alkanes of at least 4 members (excludes halogenated alkanes) is 1. The lowest BCUT2D eigenvalue weighted by atomic mass is 10.3. The zero-order chi connectivity index (χ0) is 10.6. The minimum Gasteiger partial charge on any atom is -0.490 e. The summed E-state index contributed by atoms with van der Waals surface area (Å²) in [4.78, 5) is 0. The first-order valence-electron chi connectivity index (χ1n) is 4.43. The van der Waals surface area contributed by atoms with Gasteiger partial charge < -0.3 is 4.74 Å². The first-order chi connectivity index (χ1) is 6.66. The molecule has 0 radical (unpaired) electrons. The Morgan fingerprint density at radius 1 is 1.50 bits per heavy atom. The number of rotatable bonds is 4. The lowest BCUT2D eigenvalue weighted by Crippen LogP contribution is -1.99. The van der Waals surface area contributed by atoms with Crippen molar-refractivity contribution in [2.24, 2.45) is 0 Å². The molecule has 0 fully saturated rings. The summed E-state index contributed by atoms with van der Waals surface area (Å²) in [5.41, 5.74) is 0. The van der Waals surface area contributed by atoms with Gasteiger partial charge in [0.2, 0.25) is 0 Å². The molecule has 0 aliphatic rings. The van der Waals surface area contributed by atoms with E-state index in [0.29, 0.717) is 15.9 Å². The monoisotopic (exact) mass is 372 g/mol. The summed E-state index contributed by atoms with van der Waals surface area (Å²) < 4.78 is 20.2. The molecule has 1 rings (SSSR count). The van der Waals surface area contributed by atoms with E-state index in [4.69, 9.17) is 4.74 Å². The van der Waals surface area contributed by atoms with Crippen LogP contribution in [0.1, 0.15) is 19.8 Å². The van der Waals surface area contributed by atoms with Crippen LogP contribution in [0, 0.1) is 9.39 Å². The molecule has 1 aromatic carbocycles. The first kappa shape index (κ1) is 12.2. The Labute approximate surface area is 105 Å². The van der Waals surface area contributed by atoms with Gasteiger partial charge in [0.15, 0.2) is 11.6 Å². The summed E-state index contributed by atoms with van der Waals surface area (Å²) >= 11 is 5.21. The molecule has 0 aliphatic heterocycles. The van der Waals surface area contributed by atoms with Crippen molar-refractivity contribution in [1.82, 2.24) is 0 Å². The topological polar surface area (TPSA) is 9.23 Å². The molecular weight excluding hydrogens is 362 g/mol. The highest BCUT2D eigenvalue weighted by atomic mass is 127. The van der Waals surface area contributed by atoms with Crippen molar-refractivity contribution in [1.29, 1.82) is 0 Å². The number of ether oxygens (including phenoxy) is 1. The maximum absolute atomic E-state index is 13.5. The highest BCUT2D eigenvalue weighted by molar-refractivity contribution is 14.1. The third kappa shape index (κ3) is 3.08. The second-order valence-corrected chi connectivity index (χ2v) is 4.81. The molecule has 0 unspecified atom stereocenters. The van der Waals surface area contributed by atoms with E-state index < -0.39 is 0 Å². The summed E-state index contributed by atoms with van der Waals surface area (Å²) in [5.74, 6) is 0.0575. The third-order valence-electron chi connectivity index (χ3n) is 1.76. The van der Waals surface area contributed by atoms with Crippen LogP contribution < -0.4 is 4.74 Å². The van der Waals surface area contributed by atoms with Crippen LogP contribution in [0.5, 0.6) is 5.75 Å². The Hall–Kier alpha value is 0.160. The van der Waals surface area contributed by atoms with Gasteiger partial charge in [0, 0.05) is 4.47 Å². The summed E-state index contributed by atoms with van der Waals surface area (Å²) in [6.07, 6.45) is 2.00. The van der Waals surface area contributed by atoms with E-state index in [-0.39, 0.29) is 5.82 Å². The third-order valence-corrected chi connectivity index (χ3v) is 4.21. The van der Waals surface area contributed by atoms with Gasteiger partial charge in [-0.3, -0.25) is 0 Å². The SMILES string of the molecule is CCCCOc1ccc(Br)c(I)c1F. The van der Waals surface area contributed by atoms with Crippen molar-refractivity contribution in [3.63, 3.8) is 0 Å². The maximum Gasteiger partial charge on any atom is 0.179 e.